The maximum atomic E-state index is 12.7. The molecule has 0 aromatic heterocycles. The molecule has 7 heteroatoms. The molecule has 2 rings (SSSR count). The molecule has 1 aliphatic heterocycles. The van der Waals surface area contributed by atoms with E-state index in [4.69, 9.17) is 4.74 Å². The van der Waals surface area contributed by atoms with E-state index >= 15 is 0 Å². The summed E-state index contributed by atoms with van der Waals surface area (Å²) in [5.41, 5.74) is 0.857. The molecule has 1 heterocycles. The van der Waals surface area contributed by atoms with Crippen molar-refractivity contribution >= 4 is 5.91 Å². The monoisotopic (exact) mass is 330 g/mol. The van der Waals surface area contributed by atoms with Crippen LogP contribution in [-0.4, -0.2) is 54.2 Å². The SMILES string of the molecule is C[C@H](C(=O)N1Cc2ccccc2OC[C@H]1C)N(C)CC(F)(F)F. The molecule has 0 spiro atoms. The molecule has 4 nitrogen and oxygen atoms in total. The number of fused-ring (bicyclic) bond motifs is 1. The quantitative estimate of drug-likeness (QED) is 0.854. The number of carbonyl (C=O) groups excluding carboxylic acids is 1. The predicted octanol–water partition coefficient (Wildman–Crippen LogP) is 2.68. The minimum Gasteiger partial charge on any atom is -0.491 e. The van der Waals surface area contributed by atoms with E-state index in [-0.39, 0.29) is 11.9 Å². The smallest absolute Gasteiger partial charge is 0.401 e. The number of rotatable bonds is 3. The number of para-hydroxylation sites is 1. The Morgan fingerprint density at radius 3 is 2.74 bits per heavy atom. The van der Waals surface area contributed by atoms with E-state index in [1.165, 1.54) is 14.0 Å². The zero-order valence-electron chi connectivity index (χ0n) is 13.4. The zero-order chi connectivity index (χ0) is 17.2. The van der Waals surface area contributed by atoms with Crippen molar-refractivity contribution in [2.24, 2.45) is 0 Å². The third-order valence-corrected chi connectivity index (χ3v) is 4.06. The molecule has 1 aliphatic rings. The van der Waals surface area contributed by atoms with Gasteiger partial charge in [0.1, 0.15) is 12.4 Å². The third-order valence-electron chi connectivity index (χ3n) is 4.06. The summed E-state index contributed by atoms with van der Waals surface area (Å²) in [6.07, 6.45) is -4.33. The Morgan fingerprint density at radius 2 is 2.09 bits per heavy atom. The number of hydrogen-bond donors (Lipinski definition) is 0. The van der Waals surface area contributed by atoms with Gasteiger partial charge in [0.25, 0.3) is 0 Å². The van der Waals surface area contributed by atoms with Gasteiger partial charge in [-0.2, -0.15) is 13.2 Å². The Bertz CT molecular complexity index is 563. The van der Waals surface area contributed by atoms with Gasteiger partial charge in [0.2, 0.25) is 5.91 Å². The van der Waals surface area contributed by atoms with Crippen molar-refractivity contribution in [1.82, 2.24) is 9.80 Å². The highest BCUT2D eigenvalue weighted by Crippen LogP contribution is 2.26. The van der Waals surface area contributed by atoms with Crippen LogP contribution in [0.3, 0.4) is 0 Å². The molecule has 128 valence electrons. The molecule has 23 heavy (non-hydrogen) atoms. The summed E-state index contributed by atoms with van der Waals surface area (Å²) < 4.78 is 43.2. The summed E-state index contributed by atoms with van der Waals surface area (Å²) >= 11 is 0. The Kier molecular flexibility index (Phi) is 5.19. The summed E-state index contributed by atoms with van der Waals surface area (Å²) in [4.78, 5) is 15.3. The molecular formula is C16H21F3N2O2. The second kappa shape index (κ2) is 6.78. The van der Waals surface area contributed by atoms with Gasteiger partial charge in [0.15, 0.2) is 0 Å². The number of alkyl halides is 3. The first-order chi connectivity index (χ1) is 10.7. The van der Waals surface area contributed by atoms with Crippen LogP contribution in [-0.2, 0) is 11.3 Å². The van der Waals surface area contributed by atoms with E-state index in [0.29, 0.717) is 18.9 Å². The van der Waals surface area contributed by atoms with Crippen LogP contribution in [0.15, 0.2) is 24.3 Å². The fourth-order valence-corrected chi connectivity index (χ4v) is 2.56. The molecule has 0 radical (unpaired) electrons. The largest absolute Gasteiger partial charge is 0.491 e. The van der Waals surface area contributed by atoms with Crippen LogP contribution < -0.4 is 4.74 Å². The zero-order valence-corrected chi connectivity index (χ0v) is 13.4. The van der Waals surface area contributed by atoms with Crippen LogP contribution >= 0.6 is 0 Å². The molecule has 1 aromatic rings. The summed E-state index contributed by atoms with van der Waals surface area (Å²) in [5, 5.41) is 0. The Labute approximate surface area is 133 Å². The van der Waals surface area contributed by atoms with Crippen molar-refractivity contribution < 1.29 is 22.7 Å². The van der Waals surface area contributed by atoms with Crippen molar-refractivity contribution in [3.8, 4) is 5.75 Å². The lowest BCUT2D eigenvalue weighted by Crippen LogP contribution is -2.51. The number of hydrogen-bond acceptors (Lipinski definition) is 3. The maximum absolute atomic E-state index is 12.7. The fourth-order valence-electron chi connectivity index (χ4n) is 2.56. The lowest BCUT2D eigenvalue weighted by atomic mass is 10.1. The van der Waals surface area contributed by atoms with Crippen molar-refractivity contribution in [3.05, 3.63) is 29.8 Å². The van der Waals surface area contributed by atoms with Gasteiger partial charge >= 0.3 is 6.18 Å². The maximum Gasteiger partial charge on any atom is 0.401 e. The second-order valence-electron chi connectivity index (χ2n) is 5.94. The van der Waals surface area contributed by atoms with E-state index in [2.05, 4.69) is 0 Å². The first-order valence-corrected chi connectivity index (χ1v) is 7.47. The van der Waals surface area contributed by atoms with Crippen LogP contribution in [0.4, 0.5) is 13.2 Å². The van der Waals surface area contributed by atoms with Gasteiger partial charge < -0.3 is 9.64 Å². The number of nitrogens with zero attached hydrogens (tertiary/aromatic N) is 2. The molecule has 0 bridgehead atoms. The average Bonchev–Trinajstić information content (AvgIpc) is 2.64. The van der Waals surface area contributed by atoms with Gasteiger partial charge in [-0.25, -0.2) is 0 Å². The number of ether oxygens (including phenoxy) is 1. The molecular weight excluding hydrogens is 309 g/mol. The highest BCUT2D eigenvalue weighted by atomic mass is 19.4. The van der Waals surface area contributed by atoms with Crippen LogP contribution in [0.2, 0.25) is 0 Å². The van der Waals surface area contributed by atoms with Gasteiger partial charge in [0, 0.05) is 12.1 Å². The van der Waals surface area contributed by atoms with Gasteiger partial charge in [-0.15, -0.1) is 0 Å². The third kappa shape index (κ3) is 4.37. The molecule has 0 saturated heterocycles. The summed E-state index contributed by atoms with van der Waals surface area (Å²) in [6, 6.07) is 6.31. The van der Waals surface area contributed by atoms with E-state index in [9.17, 15) is 18.0 Å². The first-order valence-electron chi connectivity index (χ1n) is 7.47. The lowest BCUT2D eigenvalue weighted by molar-refractivity contribution is -0.156. The van der Waals surface area contributed by atoms with Crippen LogP contribution in [0.25, 0.3) is 0 Å². The van der Waals surface area contributed by atoms with Crippen LogP contribution in [0, 0.1) is 0 Å². The second-order valence-corrected chi connectivity index (χ2v) is 5.94. The molecule has 0 aliphatic carbocycles. The first kappa shape index (κ1) is 17.6. The van der Waals surface area contributed by atoms with E-state index in [0.717, 1.165) is 10.5 Å². The standard InChI is InChI=1S/C16H21F3N2O2/c1-11-9-23-14-7-5-4-6-13(14)8-21(11)15(22)12(2)20(3)10-16(17,18)19/h4-7,11-12H,8-10H2,1-3H3/t11-,12-/m1/s1. The van der Waals surface area contributed by atoms with Crippen molar-refractivity contribution in [2.75, 3.05) is 20.2 Å². The Hall–Kier alpha value is -1.76. The molecule has 0 fully saturated rings. The summed E-state index contributed by atoms with van der Waals surface area (Å²) in [6.45, 7) is 2.87. The molecule has 0 unspecified atom stereocenters. The fraction of sp³-hybridized carbons (Fsp3) is 0.562. The molecule has 1 amide bonds. The summed E-state index contributed by atoms with van der Waals surface area (Å²) in [5.74, 6) is 0.385. The Balaban J connectivity index is 2.14. The molecule has 0 saturated carbocycles. The predicted molar refractivity (Wildman–Crippen MR) is 80.1 cm³/mol. The lowest BCUT2D eigenvalue weighted by Gasteiger charge is -2.33. The normalized spacial score (nSPS) is 19.8. The highest BCUT2D eigenvalue weighted by molar-refractivity contribution is 5.82. The minimum atomic E-state index is -4.33. The van der Waals surface area contributed by atoms with E-state index in [1.54, 1.807) is 4.90 Å². The number of amides is 1. The topological polar surface area (TPSA) is 32.8 Å². The Morgan fingerprint density at radius 1 is 1.43 bits per heavy atom. The minimum absolute atomic E-state index is 0.211. The van der Waals surface area contributed by atoms with Crippen molar-refractivity contribution in [2.45, 2.75) is 38.7 Å². The van der Waals surface area contributed by atoms with Crippen LogP contribution in [0.1, 0.15) is 19.4 Å². The van der Waals surface area contributed by atoms with E-state index < -0.39 is 18.8 Å². The summed E-state index contributed by atoms with van der Waals surface area (Å²) in [7, 11) is 1.31. The van der Waals surface area contributed by atoms with Gasteiger partial charge in [-0.1, -0.05) is 18.2 Å². The number of benzene rings is 1. The van der Waals surface area contributed by atoms with Crippen molar-refractivity contribution in [3.63, 3.8) is 0 Å². The van der Waals surface area contributed by atoms with Crippen molar-refractivity contribution in [1.29, 1.82) is 0 Å². The average molecular weight is 330 g/mol. The number of carbonyl (C=O) groups is 1. The number of likely N-dealkylation sites (N-methyl/N-ethyl adjacent to an activating group) is 1. The van der Waals surface area contributed by atoms with Gasteiger partial charge in [-0.05, 0) is 27.0 Å². The molecule has 2 atom stereocenters. The highest BCUT2D eigenvalue weighted by Gasteiger charge is 2.35. The number of halogens is 3. The van der Waals surface area contributed by atoms with Crippen LogP contribution in [0.5, 0.6) is 5.75 Å². The molecule has 0 N–H and O–H groups in total. The van der Waals surface area contributed by atoms with E-state index in [1.807, 2.05) is 31.2 Å². The molecule has 1 aromatic carbocycles. The van der Waals surface area contributed by atoms with Gasteiger partial charge in [0.05, 0.1) is 18.6 Å². The van der Waals surface area contributed by atoms with Gasteiger partial charge in [-0.3, -0.25) is 9.69 Å².